The van der Waals surface area contributed by atoms with E-state index in [4.69, 9.17) is 0 Å². The number of rotatable bonds is 5. The number of nitro groups is 1. The van der Waals surface area contributed by atoms with Crippen LogP contribution in [-0.2, 0) is 4.79 Å². The van der Waals surface area contributed by atoms with E-state index >= 15 is 0 Å². The Balaban J connectivity index is 2.63. The fourth-order valence-corrected chi connectivity index (χ4v) is 1.19. The van der Waals surface area contributed by atoms with E-state index in [0.29, 0.717) is 12.4 Å². The molecule has 1 heterocycles. The van der Waals surface area contributed by atoms with Gasteiger partial charge in [0, 0.05) is 12.6 Å². The third-order valence-corrected chi connectivity index (χ3v) is 2.07. The van der Waals surface area contributed by atoms with Crippen molar-refractivity contribution in [3.63, 3.8) is 0 Å². The van der Waals surface area contributed by atoms with Gasteiger partial charge in [0.25, 0.3) is 5.69 Å². The lowest BCUT2D eigenvalue weighted by Crippen LogP contribution is -2.37. The minimum atomic E-state index is -0.524. The molecular formula is C10H14N4O3. The first-order valence-electron chi connectivity index (χ1n) is 5.19. The van der Waals surface area contributed by atoms with Crippen LogP contribution >= 0.6 is 0 Å². The Morgan fingerprint density at radius 1 is 1.59 bits per heavy atom. The van der Waals surface area contributed by atoms with E-state index in [1.54, 1.807) is 6.92 Å². The second-order valence-electron chi connectivity index (χ2n) is 3.42. The van der Waals surface area contributed by atoms with Gasteiger partial charge in [-0.25, -0.2) is 4.98 Å². The van der Waals surface area contributed by atoms with Crippen molar-refractivity contribution in [2.45, 2.75) is 19.9 Å². The maximum Gasteiger partial charge on any atom is 0.287 e. The minimum Gasteiger partial charge on any atom is -0.359 e. The summed E-state index contributed by atoms with van der Waals surface area (Å²) >= 11 is 0. The van der Waals surface area contributed by atoms with Gasteiger partial charge in [0.1, 0.15) is 18.1 Å². The number of hydrogen-bond donors (Lipinski definition) is 2. The Bertz CT molecular complexity index is 405. The number of anilines is 1. The fourth-order valence-electron chi connectivity index (χ4n) is 1.19. The molecule has 1 atom stereocenters. The number of carbonyl (C=O) groups excluding carboxylic acids is 1. The Morgan fingerprint density at radius 3 is 2.76 bits per heavy atom. The Kier molecular flexibility index (Phi) is 4.38. The average molecular weight is 238 g/mol. The van der Waals surface area contributed by atoms with Crippen LogP contribution in [0.1, 0.15) is 13.8 Å². The van der Waals surface area contributed by atoms with Crippen LogP contribution in [0.15, 0.2) is 18.3 Å². The van der Waals surface area contributed by atoms with Gasteiger partial charge < -0.3 is 10.6 Å². The first-order chi connectivity index (χ1) is 8.04. The summed E-state index contributed by atoms with van der Waals surface area (Å²) < 4.78 is 0. The van der Waals surface area contributed by atoms with Gasteiger partial charge in [-0.2, -0.15) is 0 Å². The van der Waals surface area contributed by atoms with Gasteiger partial charge in [-0.1, -0.05) is 0 Å². The zero-order chi connectivity index (χ0) is 12.8. The molecule has 0 saturated heterocycles. The van der Waals surface area contributed by atoms with Crippen LogP contribution in [0.25, 0.3) is 0 Å². The van der Waals surface area contributed by atoms with Crippen LogP contribution in [0.5, 0.6) is 0 Å². The molecule has 0 saturated carbocycles. The number of hydrogen-bond acceptors (Lipinski definition) is 5. The van der Waals surface area contributed by atoms with Crippen LogP contribution in [-0.4, -0.2) is 28.4 Å². The van der Waals surface area contributed by atoms with Gasteiger partial charge in [-0.05, 0) is 19.9 Å². The third-order valence-electron chi connectivity index (χ3n) is 2.07. The van der Waals surface area contributed by atoms with E-state index in [1.165, 1.54) is 12.1 Å². The summed E-state index contributed by atoms with van der Waals surface area (Å²) in [5.74, 6) is 0.280. The molecule has 7 nitrogen and oxygen atoms in total. The van der Waals surface area contributed by atoms with E-state index < -0.39 is 11.0 Å². The molecule has 0 aliphatic carbocycles. The standard InChI is InChI=1S/C10H14N4O3/c1-3-11-10(15)7(2)13-9-5-4-8(6-12-9)14(16)17/h4-7H,3H2,1-2H3,(H,11,15)(H,12,13). The SMILES string of the molecule is CCNC(=O)C(C)Nc1ccc([N+](=O)[O-])cn1. The molecular weight excluding hydrogens is 224 g/mol. The first kappa shape index (κ1) is 12.9. The highest BCUT2D eigenvalue weighted by molar-refractivity contribution is 5.83. The summed E-state index contributed by atoms with van der Waals surface area (Å²) in [6.07, 6.45) is 1.15. The quantitative estimate of drug-likeness (QED) is 0.587. The fraction of sp³-hybridized carbons (Fsp3) is 0.400. The molecule has 2 N–H and O–H groups in total. The minimum absolute atomic E-state index is 0.0822. The van der Waals surface area contributed by atoms with E-state index in [9.17, 15) is 14.9 Å². The van der Waals surface area contributed by atoms with Crippen LogP contribution in [0.3, 0.4) is 0 Å². The van der Waals surface area contributed by atoms with Crippen LogP contribution < -0.4 is 10.6 Å². The molecule has 0 aliphatic rings. The van der Waals surface area contributed by atoms with E-state index in [2.05, 4.69) is 15.6 Å². The normalized spacial score (nSPS) is 11.6. The van der Waals surface area contributed by atoms with Crippen molar-refractivity contribution in [1.82, 2.24) is 10.3 Å². The van der Waals surface area contributed by atoms with Crippen LogP contribution in [0.4, 0.5) is 11.5 Å². The van der Waals surface area contributed by atoms with E-state index in [-0.39, 0.29) is 11.6 Å². The van der Waals surface area contributed by atoms with Gasteiger partial charge in [-0.3, -0.25) is 14.9 Å². The second kappa shape index (κ2) is 5.78. The third kappa shape index (κ3) is 3.71. The summed E-state index contributed by atoms with van der Waals surface area (Å²) in [6, 6.07) is 2.36. The summed E-state index contributed by atoms with van der Waals surface area (Å²) in [6.45, 7) is 4.07. The van der Waals surface area contributed by atoms with Crippen molar-refractivity contribution in [3.8, 4) is 0 Å². The molecule has 17 heavy (non-hydrogen) atoms. The summed E-state index contributed by atoms with van der Waals surface area (Å²) in [7, 11) is 0. The van der Waals surface area contributed by atoms with Gasteiger partial charge in [0.05, 0.1) is 4.92 Å². The maximum atomic E-state index is 11.4. The van der Waals surface area contributed by atoms with Crippen LogP contribution in [0, 0.1) is 10.1 Å². The molecule has 1 unspecified atom stereocenters. The molecule has 0 radical (unpaired) electrons. The predicted octanol–water partition coefficient (Wildman–Crippen LogP) is 0.926. The summed E-state index contributed by atoms with van der Waals surface area (Å²) in [4.78, 5) is 25.1. The van der Waals surface area contributed by atoms with Crippen molar-refractivity contribution in [2.24, 2.45) is 0 Å². The number of carbonyl (C=O) groups is 1. The van der Waals surface area contributed by atoms with Gasteiger partial charge in [0.2, 0.25) is 5.91 Å². The predicted molar refractivity (Wildman–Crippen MR) is 62.7 cm³/mol. The number of amides is 1. The number of nitrogens with zero attached hydrogens (tertiary/aromatic N) is 2. The van der Waals surface area contributed by atoms with Gasteiger partial charge >= 0.3 is 0 Å². The van der Waals surface area contributed by atoms with Crippen molar-refractivity contribution < 1.29 is 9.72 Å². The van der Waals surface area contributed by atoms with E-state index in [0.717, 1.165) is 6.20 Å². The van der Waals surface area contributed by atoms with Gasteiger partial charge in [-0.15, -0.1) is 0 Å². The molecule has 1 aromatic rings. The molecule has 0 aliphatic heterocycles. The molecule has 0 fully saturated rings. The van der Waals surface area contributed by atoms with Crippen molar-refractivity contribution in [3.05, 3.63) is 28.4 Å². The van der Waals surface area contributed by atoms with E-state index in [1.807, 2.05) is 6.92 Å². The Morgan fingerprint density at radius 2 is 2.29 bits per heavy atom. The highest BCUT2D eigenvalue weighted by Gasteiger charge is 2.12. The van der Waals surface area contributed by atoms with Crippen LogP contribution in [0.2, 0.25) is 0 Å². The highest BCUT2D eigenvalue weighted by Crippen LogP contribution is 2.12. The lowest BCUT2D eigenvalue weighted by molar-refractivity contribution is -0.385. The second-order valence-corrected chi connectivity index (χ2v) is 3.42. The highest BCUT2D eigenvalue weighted by atomic mass is 16.6. The molecule has 92 valence electrons. The molecule has 1 amide bonds. The topological polar surface area (TPSA) is 97.2 Å². The Labute approximate surface area is 98.4 Å². The lowest BCUT2D eigenvalue weighted by atomic mass is 10.3. The number of pyridine rings is 1. The summed E-state index contributed by atoms with van der Waals surface area (Å²) in [5, 5.41) is 15.9. The smallest absolute Gasteiger partial charge is 0.287 e. The number of likely N-dealkylation sites (N-methyl/N-ethyl adjacent to an activating group) is 1. The first-order valence-corrected chi connectivity index (χ1v) is 5.19. The Hall–Kier alpha value is -2.18. The zero-order valence-corrected chi connectivity index (χ0v) is 9.64. The molecule has 0 aromatic carbocycles. The number of nitrogens with one attached hydrogen (secondary N) is 2. The molecule has 7 heteroatoms. The molecule has 0 bridgehead atoms. The average Bonchev–Trinajstić information content (AvgIpc) is 2.30. The number of aromatic nitrogens is 1. The maximum absolute atomic E-state index is 11.4. The molecule has 0 spiro atoms. The van der Waals surface area contributed by atoms with Gasteiger partial charge in [0.15, 0.2) is 0 Å². The zero-order valence-electron chi connectivity index (χ0n) is 9.64. The lowest BCUT2D eigenvalue weighted by Gasteiger charge is -2.13. The summed E-state index contributed by atoms with van der Waals surface area (Å²) in [5.41, 5.74) is -0.0822. The molecule has 1 aromatic heterocycles. The van der Waals surface area contributed by atoms with Crippen molar-refractivity contribution >= 4 is 17.4 Å². The largest absolute Gasteiger partial charge is 0.359 e. The van der Waals surface area contributed by atoms with Crippen molar-refractivity contribution in [1.29, 1.82) is 0 Å². The molecule has 1 rings (SSSR count). The van der Waals surface area contributed by atoms with Crippen molar-refractivity contribution in [2.75, 3.05) is 11.9 Å². The monoisotopic (exact) mass is 238 g/mol.